The number of halogens is 2. The number of nitrogens with zero attached hydrogens (tertiary/aromatic N) is 2. The first-order valence-electron chi connectivity index (χ1n) is 4.57. The number of ether oxygens (including phenoxy) is 1. The lowest BCUT2D eigenvalue weighted by Gasteiger charge is -2.05. The van der Waals surface area contributed by atoms with E-state index in [0.717, 1.165) is 0 Å². The lowest BCUT2D eigenvalue weighted by atomic mass is 10.2. The van der Waals surface area contributed by atoms with Crippen molar-refractivity contribution < 1.29 is 9.13 Å². The van der Waals surface area contributed by atoms with Crippen LogP contribution in [0.3, 0.4) is 0 Å². The smallest absolute Gasteiger partial charge is 0.223 e. The van der Waals surface area contributed by atoms with Crippen molar-refractivity contribution in [1.29, 1.82) is 0 Å². The molecule has 1 heterocycles. The van der Waals surface area contributed by atoms with Gasteiger partial charge in [-0.2, -0.15) is 0 Å². The van der Waals surface area contributed by atoms with E-state index < -0.39 is 0 Å². The SMILES string of the molecule is Cc1ccc(Oc2cc(Br)ncn2)cc1F. The molecular formula is C11H8BrFN2O. The maximum atomic E-state index is 13.2. The summed E-state index contributed by atoms with van der Waals surface area (Å²) in [7, 11) is 0. The van der Waals surface area contributed by atoms with Crippen LogP contribution >= 0.6 is 15.9 Å². The first-order valence-corrected chi connectivity index (χ1v) is 5.36. The minimum absolute atomic E-state index is 0.300. The minimum atomic E-state index is -0.300. The fraction of sp³-hybridized carbons (Fsp3) is 0.0909. The van der Waals surface area contributed by atoms with Gasteiger partial charge in [0.1, 0.15) is 22.5 Å². The highest BCUT2D eigenvalue weighted by Gasteiger charge is 2.03. The van der Waals surface area contributed by atoms with E-state index in [2.05, 4.69) is 25.9 Å². The van der Waals surface area contributed by atoms with Gasteiger partial charge >= 0.3 is 0 Å². The topological polar surface area (TPSA) is 35.0 Å². The van der Waals surface area contributed by atoms with Crippen LogP contribution in [0.4, 0.5) is 4.39 Å². The summed E-state index contributed by atoms with van der Waals surface area (Å²) < 4.78 is 19.2. The van der Waals surface area contributed by atoms with E-state index >= 15 is 0 Å². The third kappa shape index (κ3) is 2.55. The molecule has 0 aliphatic carbocycles. The summed E-state index contributed by atoms with van der Waals surface area (Å²) in [6.07, 6.45) is 1.37. The number of benzene rings is 1. The first kappa shape index (κ1) is 11.0. The van der Waals surface area contributed by atoms with E-state index in [1.54, 1.807) is 25.1 Å². The molecule has 82 valence electrons. The highest BCUT2D eigenvalue weighted by atomic mass is 79.9. The van der Waals surface area contributed by atoms with Crippen molar-refractivity contribution in [2.75, 3.05) is 0 Å². The Hall–Kier alpha value is -1.49. The van der Waals surface area contributed by atoms with Gasteiger partial charge in [-0.1, -0.05) is 6.07 Å². The van der Waals surface area contributed by atoms with E-state index in [4.69, 9.17) is 4.74 Å². The van der Waals surface area contributed by atoms with Gasteiger partial charge in [0.05, 0.1) is 0 Å². The largest absolute Gasteiger partial charge is 0.439 e. The molecule has 0 saturated carbocycles. The molecule has 0 aliphatic heterocycles. The van der Waals surface area contributed by atoms with Gasteiger partial charge < -0.3 is 4.74 Å². The normalized spacial score (nSPS) is 10.2. The van der Waals surface area contributed by atoms with E-state index in [1.807, 2.05) is 0 Å². The van der Waals surface area contributed by atoms with Crippen molar-refractivity contribution in [3.8, 4) is 11.6 Å². The Balaban J connectivity index is 2.24. The minimum Gasteiger partial charge on any atom is -0.439 e. The fourth-order valence-electron chi connectivity index (χ4n) is 1.13. The second kappa shape index (κ2) is 4.57. The fourth-order valence-corrected chi connectivity index (χ4v) is 1.42. The predicted molar refractivity (Wildman–Crippen MR) is 60.9 cm³/mol. The molecule has 1 aromatic carbocycles. The lowest BCUT2D eigenvalue weighted by molar-refractivity contribution is 0.455. The predicted octanol–water partition coefficient (Wildman–Crippen LogP) is 3.48. The molecule has 2 rings (SSSR count). The van der Waals surface area contributed by atoms with Crippen molar-refractivity contribution in [3.05, 3.63) is 46.6 Å². The van der Waals surface area contributed by atoms with Gasteiger partial charge in [0.25, 0.3) is 0 Å². The second-order valence-electron chi connectivity index (χ2n) is 3.19. The number of rotatable bonds is 2. The van der Waals surface area contributed by atoms with Crippen LogP contribution in [-0.4, -0.2) is 9.97 Å². The van der Waals surface area contributed by atoms with Gasteiger partial charge in [-0.15, -0.1) is 0 Å². The van der Waals surface area contributed by atoms with Crippen LogP contribution in [0.2, 0.25) is 0 Å². The zero-order chi connectivity index (χ0) is 11.5. The van der Waals surface area contributed by atoms with E-state index in [0.29, 0.717) is 21.8 Å². The lowest BCUT2D eigenvalue weighted by Crippen LogP contribution is -1.90. The second-order valence-corrected chi connectivity index (χ2v) is 4.00. The summed E-state index contributed by atoms with van der Waals surface area (Å²) in [5.41, 5.74) is 0.580. The summed E-state index contributed by atoms with van der Waals surface area (Å²) >= 11 is 3.20. The third-order valence-electron chi connectivity index (χ3n) is 1.97. The molecule has 0 amide bonds. The molecule has 0 unspecified atom stereocenters. The van der Waals surface area contributed by atoms with Crippen LogP contribution in [0.15, 0.2) is 35.2 Å². The molecule has 0 fully saturated rings. The molecule has 0 saturated heterocycles. The zero-order valence-corrected chi connectivity index (χ0v) is 10.0. The number of hydrogen-bond donors (Lipinski definition) is 0. The van der Waals surface area contributed by atoms with Crippen molar-refractivity contribution in [2.24, 2.45) is 0 Å². The highest BCUT2D eigenvalue weighted by molar-refractivity contribution is 9.10. The molecule has 0 N–H and O–H groups in total. The monoisotopic (exact) mass is 282 g/mol. The van der Waals surface area contributed by atoms with Crippen LogP contribution in [0.25, 0.3) is 0 Å². The number of aromatic nitrogens is 2. The Kier molecular flexibility index (Phi) is 3.14. The van der Waals surface area contributed by atoms with Crippen LogP contribution in [-0.2, 0) is 0 Å². The van der Waals surface area contributed by atoms with Gasteiger partial charge in [-0.05, 0) is 34.5 Å². The molecule has 5 heteroatoms. The Morgan fingerprint density at radius 2 is 2.06 bits per heavy atom. The molecule has 16 heavy (non-hydrogen) atoms. The van der Waals surface area contributed by atoms with E-state index in [9.17, 15) is 4.39 Å². The van der Waals surface area contributed by atoms with Gasteiger partial charge in [0, 0.05) is 12.1 Å². The van der Waals surface area contributed by atoms with Crippen molar-refractivity contribution in [1.82, 2.24) is 9.97 Å². The average molecular weight is 283 g/mol. The highest BCUT2D eigenvalue weighted by Crippen LogP contribution is 2.22. The summed E-state index contributed by atoms with van der Waals surface area (Å²) in [4.78, 5) is 7.77. The zero-order valence-electron chi connectivity index (χ0n) is 8.45. The summed E-state index contributed by atoms with van der Waals surface area (Å²) in [5, 5.41) is 0. The first-order chi connectivity index (χ1) is 7.65. The molecule has 0 bridgehead atoms. The van der Waals surface area contributed by atoms with E-state index in [1.165, 1.54) is 12.4 Å². The van der Waals surface area contributed by atoms with Crippen molar-refractivity contribution in [2.45, 2.75) is 6.92 Å². The van der Waals surface area contributed by atoms with Crippen molar-refractivity contribution >= 4 is 15.9 Å². The van der Waals surface area contributed by atoms with Gasteiger partial charge in [-0.3, -0.25) is 0 Å². The molecule has 0 spiro atoms. The molecule has 1 aromatic heterocycles. The standard InChI is InChI=1S/C11H8BrFN2O/c1-7-2-3-8(4-9(7)13)16-11-5-10(12)14-6-15-11/h2-6H,1H3. The van der Waals surface area contributed by atoms with Gasteiger partial charge in [0.15, 0.2) is 0 Å². The number of aryl methyl sites for hydroxylation is 1. The number of hydrogen-bond acceptors (Lipinski definition) is 3. The molecule has 3 nitrogen and oxygen atoms in total. The Bertz CT molecular complexity index is 519. The summed E-state index contributed by atoms with van der Waals surface area (Å²) in [6, 6.07) is 6.28. The Labute approximate surface area is 100 Å². The molecule has 0 radical (unpaired) electrons. The Morgan fingerprint density at radius 3 is 2.75 bits per heavy atom. The van der Waals surface area contributed by atoms with Crippen LogP contribution in [0.1, 0.15) is 5.56 Å². The van der Waals surface area contributed by atoms with Crippen molar-refractivity contribution in [3.63, 3.8) is 0 Å². The third-order valence-corrected chi connectivity index (χ3v) is 2.41. The molecule has 2 aromatic rings. The van der Waals surface area contributed by atoms with Crippen LogP contribution in [0, 0.1) is 12.7 Å². The Morgan fingerprint density at radius 1 is 1.25 bits per heavy atom. The molecule has 0 atom stereocenters. The van der Waals surface area contributed by atoms with Crippen LogP contribution < -0.4 is 4.74 Å². The van der Waals surface area contributed by atoms with Gasteiger partial charge in [0.2, 0.25) is 5.88 Å². The average Bonchev–Trinajstić information content (AvgIpc) is 2.24. The quantitative estimate of drug-likeness (QED) is 0.791. The van der Waals surface area contributed by atoms with Gasteiger partial charge in [-0.25, -0.2) is 14.4 Å². The maximum Gasteiger partial charge on any atom is 0.223 e. The molecule has 0 aliphatic rings. The van der Waals surface area contributed by atoms with E-state index in [-0.39, 0.29) is 5.82 Å². The summed E-state index contributed by atoms with van der Waals surface area (Å²) in [5.74, 6) is 0.476. The molecular weight excluding hydrogens is 275 g/mol. The summed E-state index contributed by atoms with van der Waals surface area (Å²) in [6.45, 7) is 1.69. The maximum absolute atomic E-state index is 13.2. The van der Waals surface area contributed by atoms with Crippen LogP contribution in [0.5, 0.6) is 11.6 Å².